The molecule has 0 unspecified atom stereocenters. The van der Waals surface area contributed by atoms with Gasteiger partial charge in [-0.3, -0.25) is 0 Å². The van der Waals surface area contributed by atoms with Gasteiger partial charge >= 0.3 is 6.18 Å². The average molecular weight is 367 g/mol. The molecule has 2 nitrogen and oxygen atoms in total. The summed E-state index contributed by atoms with van der Waals surface area (Å²) in [5.41, 5.74) is 7.19. The van der Waals surface area contributed by atoms with Crippen molar-refractivity contribution in [3.8, 4) is 0 Å². The van der Waals surface area contributed by atoms with E-state index in [1.54, 1.807) is 6.07 Å². The molecule has 0 aromatic heterocycles. The van der Waals surface area contributed by atoms with Gasteiger partial charge in [0.05, 0.1) is 5.92 Å². The van der Waals surface area contributed by atoms with Crippen molar-refractivity contribution in [3.63, 3.8) is 0 Å². The quantitative estimate of drug-likeness (QED) is 0.805. The van der Waals surface area contributed by atoms with Crippen molar-refractivity contribution in [1.82, 2.24) is 0 Å². The number of thiocarbonyl (C=S) groups is 1. The van der Waals surface area contributed by atoms with Crippen LogP contribution in [0.25, 0.3) is 0 Å². The zero-order valence-corrected chi connectivity index (χ0v) is 13.0. The van der Waals surface area contributed by atoms with Gasteiger partial charge in [0.1, 0.15) is 4.99 Å². The van der Waals surface area contributed by atoms with Gasteiger partial charge in [0, 0.05) is 28.8 Å². The Bertz CT molecular complexity index is 511. The highest BCUT2D eigenvalue weighted by Gasteiger charge is 2.41. The summed E-state index contributed by atoms with van der Waals surface area (Å²) in [6.45, 7) is 0.812. The molecule has 1 aliphatic rings. The van der Waals surface area contributed by atoms with Gasteiger partial charge in [-0.1, -0.05) is 12.2 Å². The fraction of sp³-hybridized carbons (Fsp3) is 0.462. The first-order valence-corrected chi connectivity index (χ1v) is 7.40. The van der Waals surface area contributed by atoms with E-state index in [-0.39, 0.29) is 12.8 Å². The van der Waals surface area contributed by atoms with Gasteiger partial charge in [0.15, 0.2) is 0 Å². The molecule has 1 saturated heterocycles. The van der Waals surface area contributed by atoms with E-state index < -0.39 is 12.1 Å². The number of hydrogen-bond acceptors (Lipinski definition) is 2. The molecule has 110 valence electrons. The minimum absolute atomic E-state index is 0.137. The number of piperidine rings is 1. The lowest BCUT2D eigenvalue weighted by Gasteiger charge is -2.34. The second-order valence-corrected chi connectivity index (χ2v) is 6.13. The van der Waals surface area contributed by atoms with Crippen LogP contribution in [-0.4, -0.2) is 24.3 Å². The Labute approximate surface area is 129 Å². The van der Waals surface area contributed by atoms with Crippen LogP contribution in [0.4, 0.5) is 18.9 Å². The predicted octanol–water partition coefficient (Wildman–Crippen LogP) is 3.86. The zero-order chi connectivity index (χ0) is 14.9. The Morgan fingerprint density at radius 3 is 2.35 bits per heavy atom. The summed E-state index contributed by atoms with van der Waals surface area (Å²) in [4.78, 5) is 2.25. The monoisotopic (exact) mass is 366 g/mol. The standard InChI is InChI=1S/C13H14BrF3N2S/c14-11-7-9(1-2-10(11)12(18)20)19-5-3-8(4-6-19)13(15,16)17/h1-2,7-8H,3-6H2,(H2,18,20). The molecule has 0 atom stereocenters. The van der Waals surface area contributed by atoms with Gasteiger partial charge < -0.3 is 10.6 Å². The van der Waals surface area contributed by atoms with Gasteiger partial charge in [-0.2, -0.15) is 13.2 Å². The molecule has 1 aliphatic heterocycles. The minimum atomic E-state index is -4.08. The molecule has 0 radical (unpaired) electrons. The lowest BCUT2D eigenvalue weighted by molar-refractivity contribution is -0.179. The Morgan fingerprint density at radius 1 is 1.30 bits per heavy atom. The van der Waals surface area contributed by atoms with Crippen molar-refractivity contribution < 1.29 is 13.2 Å². The van der Waals surface area contributed by atoms with E-state index in [0.29, 0.717) is 18.1 Å². The van der Waals surface area contributed by atoms with Crippen molar-refractivity contribution in [2.24, 2.45) is 11.7 Å². The van der Waals surface area contributed by atoms with Crippen LogP contribution in [0.2, 0.25) is 0 Å². The molecular weight excluding hydrogens is 353 g/mol. The molecule has 20 heavy (non-hydrogen) atoms. The van der Waals surface area contributed by atoms with E-state index in [1.807, 2.05) is 17.0 Å². The number of benzene rings is 1. The summed E-state index contributed by atoms with van der Waals surface area (Å²) in [5, 5.41) is 0. The topological polar surface area (TPSA) is 29.3 Å². The van der Waals surface area contributed by atoms with E-state index in [1.165, 1.54) is 0 Å². The van der Waals surface area contributed by atoms with Crippen molar-refractivity contribution in [2.75, 3.05) is 18.0 Å². The van der Waals surface area contributed by atoms with E-state index in [4.69, 9.17) is 18.0 Å². The Morgan fingerprint density at radius 2 is 1.90 bits per heavy atom. The molecule has 1 fully saturated rings. The summed E-state index contributed by atoms with van der Waals surface area (Å²) in [7, 11) is 0. The second kappa shape index (κ2) is 5.89. The molecule has 0 amide bonds. The molecule has 1 heterocycles. The number of nitrogens with two attached hydrogens (primary N) is 1. The number of hydrogen-bond donors (Lipinski definition) is 1. The van der Waals surface area contributed by atoms with Gasteiger partial charge in [-0.25, -0.2) is 0 Å². The molecule has 1 aromatic carbocycles. The normalized spacial score (nSPS) is 17.3. The lowest BCUT2D eigenvalue weighted by atomic mass is 9.96. The number of anilines is 1. The third-order valence-corrected chi connectivity index (χ3v) is 4.42. The molecule has 0 bridgehead atoms. The fourth-order valence-electron chi connectivity index (χ4n) is 2.37. The highest BCUT2D eigenvalue weighted by atomic mass is 79.9. The summed E-state index contributed by atoms with van der Waals surface area (Å²) in [6, 6.07) is 5.48. The number of nitrogens with zero attached hydrogens (tertiary/aromatic N) is 1. The molecule has 0 spiro atoms. The number of alkyl halides is 3. The summed E-state index contributed by atoms with van der Waals surface area (Å²) in [5.74, 6) is -1.18. The molecule has 7 heteroatoms. The smallest absolute Gasteiger partial charge is 0.389 e. The van der Waals surface area contributed by atoms with Crippen LogP contribution in [0.15, 0.2) is 22.7 Å². The van der Waals surface area contributed by atoms with Crippen LogP contribution >= 0.6 is 28.1 Å². The Kier molecular flexibility index (Phi) is 4.59. The van der Waals surface area contributed by atoms with Crippen LogP contribution in [0.5, 0.6) is 0 Å². The van der Waals surface area contributed by atoms with Crippen LogP contribution in [-0.2, 0) is 0 Å². The number of halogens is 4. The van der Waals surface area contributed by atoms with Crippen LogP contribution in [0.3, 0.4) is 0 Å². The van der Waals surface area contributed by atoms with Crippen molar-refractivity contribution >= 4 is 38.8 Å². The highest BCUT2D eigenvalue weighted by Crippen LogP contribution is 2.36. The van der Waals surface area contributed by atoms with E-state index in [2.05, 4.69) is 15.9 Å². The summed E-state index contributed by atoms with van der Waals surface area (Å²) in [6.07, 6.45) is -3.81. The zero-order valence-electron chi connectivity index (χ0n) is 10.6. The maximum Gasteiger partial charge on any atom is 0.391 e. The molecule has 0 saturated carbocycles. The van der Waals surface area contributed by atoms with E-state index in [9.17, 15) is 13.2 Å². The van der Waals surface area contributed by atoms with Gasteiger partial charge in [-0.15, -0.1) is 0 Å². The van der Waals surface area contributed by atoms with Crippen molar-refractivity contribution in [1.29, 1.82) is 0 Å². The van der Waals surface area contributed by atoms with E-state index in [0.717, 1.165) is 15.7 Å². The van der Waals surface area contributed by atoms with E-state index >= 15 is 0 Å². The molecule has 1 aromatic rings. The molecular formula is C13H14BrF3N2S. The molecule has 2 rings (SSSR count). The maximum absolute atomic E-state index is 12.6. The third kappa shape index (κ3) is 3.44. The van der Waals surface area contributed by atoms with Crippen molar-refractivity contribution in [2.45, 2.75) is 19.0 Å². The minimum Gasteiger partial charge on any atom is -0.389 e. The Balaban J connectivity index is 2.08. The second-order valence-electron chi connectivity index (χ2n) is 4.83. The Hall–Kier alpha value is -0.820. The van der Waals surface area contributed by atoms with Crippen LogP contribution < -0.4 is 10.6 Å². The molecule has 0 aliphatic carbocycles. The summed E-state index contributed by atoms with van der Waals surface area (Å²) < 4.78 is 38.6. The first kappa shape index (κ1) is 15.6. The summed E-state index contributed by atoms with van der Waals surface area (Å²) >= 11 is 8.30. The van der Waals surface area contributed by atoms with Crippen LogP contribution in [0.1, 0.15) is 18.4 Å². The third-order valence-electron chi connectivity index (χ3n) is 3.54. The predicted molar refractivity (Wildman–Crippen MR) is 81.0 cm³/mol. The largest absolute Gasteiger partial charge is 0.391 e. The molecule has 2 N–H and O–H groups in total. The van der Waals surface area contributed by atoms with Crippen molar-refractivity contribution in [3.05, 3.63) is 28.2 Å². The maximum atomic E-state index is 12.6. The fourth-order valence-corrected chi connectivity index (χ4v) is 3.26. The lowest BCUT2D eigenvalue weighted by Crippen LogP contribution is -2.39. The average Bonchev–Trinajstić information content (AvgIpc) is 2.37. The number of rotatable bonds is 2. The van der Waals surface area contributed by atoms with Gasteiger partial charge in [-0.05, 0) is 47.0 Å². The van der Waals surface area contributed by atoms with Gasteiger partial charge in [0.2, 0.25) is 0 Å². The first-order valence-electron chi connectivity index (χ1n) is 6.20. The van der Waals surface area contributed by atoms with Crippen LogP contribution in [0, 0.1) is 5.92 Å². The SMILES string of the molecule is NC(=S)c1ccc(N2CCC(C(F)(F)F)CC2)cc1Br. The van der Waals surface area contributed by atoms with Gasteiger partial charge in [0.25, 0.3) is 0 Å². The first-order chi connectivity index (χ1) is 9.29. The highest BCUT2D eigenvalue weighted by molar-refractivity contribution is 9.10.